The first-order chi connectivity index (χ1) is 18.6. The molecule has 0 aromatic heterocycles. The van der Waals surface area contributed by atoms with Gasteiger partial charge in [0.05, 0.1) is 37.7 Å². The summed E-state index contributed by atoms with van der Waals surface area (Å²) in [6, 6.07) is 10.0. The zero-order valence-electron chi connectivity index (χ0n) is 22.3. The van der Waals surface area contributed by atoms with E-state index in [1.54, 1.807) is 57.4 Å². The van der Waals surface area contributed by atoms with E-state index in [0.717, 1.165) is 4.47 Å². The molecule has 3 rings (SSSR count). The maximum atomic E-state index is 12.7. The Morgan fingerprint density at radius 1 is 1.23 bits per heavy atom. The highest BCUT2D eigenvalue weighted by Crippen LogP contribution is 2.35. The fraction of sp³-hybridized carbons (Fsp3) is 0.333. The molecule has 208 valence electrons. The third-order valence-electron chi connectivity index (χ3n) is 5.37. The van der Waals surface area contributed by atoms with Crippen molar-refractivity contribution in [3.63, 3.8) is 0 Å². The molecule has 1 aliphatic rings. The van der Waals surface area contributed by atoms with Crippen molar-refractivity contribution in [2.24, 2.45) is 5.10 Å². The summed E-state index contributed by atoms with van der Waals surface area (Å²) in [5.41, 5.74) is 4.65. The van der Waals surface area contributed by atoms with E-state index in [-0.39, 0.29) is 19.3 Å². The number of para-hydroxylation sites is 1. The number of halogens is 1. The number of hydrogen-bond donors (Lipinski definition) is 3. The number of hydrogen-bond acceptors (Lipinski definition) is 8. The van der Waals surface area contributed by atoms with Crippen LogP contribution >= 0.6 is 28.1 Å². The van der Waals surface area contributed by atoms with E-state index < -0.39 is 17.9 Å². The van der Waals surface area contributed by atoms with Crippen LogP contribution in [0.25, 0.3) is 0 Å². The second kappa shape index (κ2) is 13.9. The molecule has 1 heterocycles. The van der Waals surface area contributed by atoms with Gasteiger partial charge in [-0.1, -0.05) is 34.1 Å². The monoisotopic (exact) mass is 618 g/mol. The first-order valence-electron chi connectivity index (χ1n) is 12.2. The van der Waals surface area contributed by atoms with Gasteiger partial charge in [0.25, 0.3) is 5.91 Å². The molecule has 0 fully saturated rings. The number of methoxy groups -OCH3 is 1. The van der Waals surface area contributed by atoms with Gasteiger partial charge in [0.1, 0.15) is 5.75 Å². The molecule has 2 aromatic carbocycles. The van der Waals surface area contributed by atoms with Crippen LogP contribution in [-0.2, 0) is 14.3 Å². The molecule has 0 radical (unpaired) electrons. The van der Waals surface area contributed by atoms with Crippen LogP contribution in [0.1, 0.15) is 44.9 Å². The Labute approximate surface area is 241 Å². The van der Waals surface area contributed by atoms with Crippen molar-refractivity contribution in [3.8, 4) is 17.2 Å². The van der Waals surface area contributed by atoms with Gasteiger partial charge in [0.15, 0.2) is 23.2 Å². The number of rotatable bonds is 11. The highest BCUT2D eigenvalue weighted by molar-refractivity contribution is 9.10. The van der Waals surface area contributed by atoms with Crippen molar-refractivity contribution in [2.75, 3.05) is 20.3 Å². The number of ether oxygens (including phenoxy) is 4. The summed E-state index contributed by atoms with van der Waals surface area (Å²) in [5, 5.41) is 10.5. The van der Waals surface area contributed by atoms with Crippen LogP contribution in [-0.4, -0.2) is 49.6 Å². The molecule has 1 aliphatic heterocycles. The zero-order chi connectivity index (χ0) is 28.5. The van der Waals surface area contributed by atoms with Gasteiger partial charge in [0, 0.05) is 21.3 Å². The Morgan fingerprint density at radius 2 is 1.97 bits per heavy atom. The molecule has 10 nitrogen and oxygen atoms in total. The highest BCUT2D eigenvalue weighted by Gasteiger charge is 2.32. The molecule has 39 heavy (non-hydrogen) atoms. The molecule has 0 aliphatic carbocycles. The topological polar surface area (TPSA) is 120 Å². The number of nitrogens with one attached hydrogen (secondary N) is 3. The van der Waals surface area contributed by atoms with Crippen molar-refractivity contribution in [1.82, 2.24) is 16.1 Å². The Kier molecular flexibility index (Phi) is 10.7. The predicted molar refractivity (Wildman–Crippen MR) is 155 cm³/mol. The Morgan fingerprint density at radius 3 is 2.67 bits per heavy atom. The van der Waals surface area contributed by atoms with Crippen LogP contribution in [0.15, 0.2) is 57.2 Å². The van der Waals surface area contributed by atoms with Crippen LogP contribution in [0.2, 0.25) is 0 Å². The fourth-order valence-electron chi connectivity index (χ4n) is 3.80. The van der Waals surface area contributed by atoms with Crippen molar-refractivity contribution in [2.45, 2.75) is 39.8 Å². The lowest BCUT2D eigenvalue weighted by Gasteiger charge is -2.30. The van der Waals surface area contributed by atoms with Crippen molar-refractivity contribution in [1.29, 1.82) is 0 Å². The fourth-order valence-corrected chi connectivity index (χ4v) is 4.53. The molecule has 0 saturated carbocycles. The third kappa shape index (κ3) is 7.93. The van der Waals surface area contributed by atoms with Gasteiger partial charge in [-0.3, -0.25) is 4.79 Å². The number of amides is 1. The summed E-state index contributed by atoms with van der Waals surface area (Å²) in [5.74, 6) is 0.475. The van der Waals surface area contributed by atoms with E-state index in [0.29, 0.717) is 44.8 Å². The van der Waals surface area contributed by atoms with Crippen molar-refractivity contribution < 1.29 is 28.5 Å². The van der Waals surface area contributed by atoms with Crippen LogP contribution < -0.4 is 30.3 Å². The van der Waals surface area contributed by atoms with Gasteiger partial charge in [-0.05, 0) is 58.1 Å². The predicted octanol–water partition coefficient (Wildman–Crippen LogP) is 4.13. The SMILES string of the molecule is CCOC(=O)C1=C(C)NC(=S)N[C@@H]1c1ccccc1OCC(=O)NN=Cc1cc(Br)cc(OC)c1OC(C)C. The summed E-state index contributed by atoms with van der Waals surface area (Å²) in [6.07, 6.45) is 1.37. The summed E-state index contributed by atoms with van der Waals surface area (Å²) in [6.45, 7) is 7.19. The third-order valence-corrected chi connectivity index (χ3v) is 6.05. The molecular formula is C27H31BrN4O6S. The molecular weight excluding hydrogens is 588 g/mol. The van der Waals surface area contributed by atoms with Crippen LogP contribution in [0.4, 0.5) is 0 Å². The van der Waals surface area contributed by atoms with Gasteiger partial charge in [-0.15, -0.1) is 0 Å². The highest BCUT2D eigenvalue weighted by atomic mass is 79.9. The molecule has 0 bridgehead atoms. The number of hydrazone groups is 1. The first kappa shape index (κ1) is 29.9. The molecule has 1 atom stereocenters. The van der Waals surface area contributed by atoms with Gasteiger partial charge in [-0.25, -0.2) is 10.2 Å². The average Bonchev–Trinajstić information content (AvgIpc) is 2.88. The molecule has 2 aromatic rings. The lowest BCUT2D eigenvalue weighted by atomic mass is 9.95. The van der Waals surface area contributed by atoms with E-state index in [2.05, 4.69) is 37.1 Å². The van der Waals surface area contributed by atoms with E-state index in [9.17, 15) is 9.59 Å². The smallest absolute Gasteiger partial charge is 0.338 e. The maximum Gasteiger partial charge on any atom is 0.338 e. The van der Waals surface area contributed by atoms with Gasteiger partial charge in [0.2, 0.25) is 0 Å². The van der Waals surface area contributed by atoms with Gasteiger partial charge < -0.3 is 29.6 Å². The molecule has 0 spiro atoms. The summed E-state index contributed by atoms with van der Waals surface area (Å²) in [4.78, 5) is 25.3. The maximum absolute atomic E-state index is 12.7. The van der Waals surface area contributed by atoms with E-state index >= 15 is 0 Å². The number of esters is 1. The van der Waals surface area contributed by atoms with Crippen LogP contribution in [0.5, 0.6) is 17.2 Å². The minimum atomic E-state index is -0.624. The van der Waals surface area contributed by atoms with Crippen molar-refractivity contribution in [3.05, 3.63) is 63.3 Å². The normalized spacial score (nSPS) is 15.1. The van der Waals surface area contributed by atoms with Crippen LogP contribution in [0.3, 0.4) is 0 Å². The second-order valence-corrected chi connectivity index (χ2v) is 9.93. The largest absolute Gasteiger partial charge is 0.493 e. The number of carbonyl (C=O) groups is 2. The number of benzene rings is 2. The summed E-state index contributed by atoms with van der Waals surface area (Å²) in [7, 11) is 1.55. The van der Waals surface area contributed by atoms with Crippen molar-refractivity contribution >= 4 is 51.4 Å². The number of thiocarbonyl (C=S) groups is 1. The molecule has 3 N–H and O–H groups in total. The number of nitrogens with zero attached hydrogens (tertiary/aromatic N) is 1. The summed E-state index contributed by atoms with van der Waals surface area (Å²) < 4.78 is 23.1. The Hall–Kier alpha value is -3.64. The lowest BCUT2D eigenvalue weighted by molar-refractivity contribution is -0.139. The molecule has 12 heteroatoms. The minimum absolute atomic E-state index is 0.0953. The summed E-state index contributed by atoms with van der Waals surface area (Å²) >= 11 is 8.75. The second-order valence-electron chi connectivity index (χ2n) is 8.60. The van der Waals surface area contributed by atoms with Gasteiger partial charge in [-0.2, -0.15) is 5.10 Å². The van der Waals surface area contributed by atoms with E-state index in [1.807, 2.05) is 13.8 Å². The number of carbonyl (C=O) groups excluding carboxylic acids is 2. The molecule has 1 amide bonds. The Bertz CT molecular complexity index is 1300. The molecule has 0 saturated heterocycles. The molecule has 0 unspecified atom stereocenters. The van der Waals surface area contributed by atoms with Gasteiger partial charge >= 0.3 is 5.97 Å². The first-order valence-corrected chi connectivity index (χ1v) is 13.4. The Balaban J connectivity index is 1.74. The lowest BCUT2D eigenvalue weighted by Crippen LogP contribution is -2.45. The zero-order valence-corrected chi connectivity index (χ0v) is 24.7. The van der Waals surface area contributed by atoms with E-state index in [4.69, 9.17) is 31.2 Å². The standard InChI is InChI=1S/C27H31BrN4O6S/c1-6-36-26(34)23-16(4)30-27(39)31-24(23)19-9-7-8-10-20(19)37-14-22(33)32-29-13-17-11-18(28)12-21(35-5)25(17)38-15(2)3/h7-13,15,24H,6,14H2,1-5H3,(H,32,33)(H2,30,31,39)/t24-/m1/s1. The van der Waals surface area contributed by atoms with E-state index in [1.165, 1.54) is 6.21 Å². The number of allylic oxidation sites excluding steroid dienone is 1. The minimum Gasteiger partial charge on any atom is -0.493 e. The van der Waals surface area contributed by atoms with Crippen LogP contribution in [0, 0.1) is 0 Å². The average molecular weight is 620 g/mol. The quantitative estimate of drug-likeness (QED) is 0.148.